The smallest absolute Gasteiger partial charge is 0.247 e. The molecule has 3 aliphatic rings. The summed E-state index contributed by atoms with van der Waals surface area (Å²) in [6, 6.07) is 8.17. The van der Waals surface area contributed by atoms with E-state index in [0.717, 1.165) is 22.4 Å². The normalized spacial score (nSPS) is 15.4. The lowest BCUT2D eigenvalue weighted by atomic mass is 9.97. The van der Waals surface area contributed by atoms with Crippen molar-refractivity contribution in [2.24, 2.45) is 5.92 Å². The fourth-order valence-corrected chi connectivity index (χ4v) is 3.93. The van der Waals surface area contributed by atoms with Gasteiger partial charge >= 0.3 is 0 Å². The molecule has 27 heavy (non-hydrogen) atoms. The third-order valence-corrected chi connectivity index (χ3v) is 5.60. The number of rotatable bonds is 5. The molecule has 0 aromatic rings. The minimum absolute atomic E-state index is 0.0663. The molecule has 1 aliphatic heterocycles. The van der Waals surface area contributed by atoms with Crippen LogP contribution >= 0.6 is 0 Å². The summed E-state index contributed by atoms with van der Waals surface area (Å²) in [5.74, 6) is 0.480. The van der Waals surface area contributed by atoms with Crippen molar-refractivity contribution >= 4 is 17.5 Å². The van der Waals surface area contributed by atoms with E-state index in [2.05, 4.69) is 57.3 Å². The van der Waals surface area contributed by atoms with Gasteiger partial charge in [-0.15, -0.1) is 0 Å². The van der Waals surface area contributed by atoms with E-state index in [0.29, 0.717) is 18.9 Å². The summed E-state index contributed by atoms with van der Waals surface area (Å²) >= 11 is 0. The third kappa shape index (κ3) is 3.58. The monoisotopic (exact) mass is 366 g/mol. The molecule has 0 bridgehead atoms. The summed E-state index contributed by atoms with van der Waals surface area (Å²) in [6.07, 6.45) is 0.543. The molecule has 1 heterocycles. The molecule has 1 atom stereocenters. The first-order valence-corrected chi connectivity index (χ1v) is 9.85. The van der Waals surface area contributed by atoms with Crippen molar-refractivity contribution < 1.29 is 9.59 Å². The molecule has 0 saturated carbocycles. The largest absolute Gasteiger partial charge is 0.330 e. The number of likely N-dealkylation sites (tertiary alicyclic amines) is 1. The Kier molecular flexibility index (Phi) is 5.27. The Balaban J connectivity index is 1.96. The van der Waals surface area contributed by atoms with Crippen molar-refractivity contribution in [3.63, 3.8) is 0 Å². The Hall–Kier alpha value is -2.36. The van der Waals surface area contributed by atoms with Gasteiger partial charge in [-0.3, -0.25) is 9.59 Å². The van der Waals surface area contributed by atoms with E-state index in [4.69, 9.17) is 0 Å². The Bertz CT molecular complexity index is 854. The van der Waals surface area contributed by atoms with E-state index in [9.17, 15) is 9.59 Å². The first-order chi connectivity index (χ1) is 12.7. The fourth-order valence-electron chi connectivity index (χ4n) is 3.93. The Morgan fingerprint density at radius 2 is 1.78 bits per heavy atom. The fraction of sp³-hybridized carbons (Fsp3) is 0.478. The zero-order valence-electron chi connectivity index (χ0n) is 17.2. The minimum atomic E-state index is -0.416. The summed E-state index contributed by atoms with van der Waals surface area (Å²) in [5.41, 5.74) is 6.69. The third-order valence-electron chi connectivity index (χ3n) is 5.60. The average molecular weight is 367 g/mol. The maximum absolute atomic E-state index is 13.0. The van der Waals surface area contributed by atoms with E-state index in [-0.39, 0.29) is 17.7 Å². The van der Waals surface area contributed by atoms with Gasteiger partial charge < -0.3 is 10.2 Å². The molecule has 144 valence electrons. The number of nitrogens with one attached hydrogen (secondary N) is 1. The van der Waals surface area contributed by atoms with Crippen LogP contribution in [-0.2, 0) is 9.59 Å². The van der Waals surface area contributed by atoms with Gasteiger partial charge in [0.1, 0.15) is 6.04 Å². The summed E-state index contributed by atoms with van der Waals surface area (Å²) < 4.78 is 0. The van der Waals surface area contributed by atoms with Gasteiger partial charge in [0, 0.05) is 24.2 Å². The molecule has 0 aromatic carbocycles. The molecule has 0 radical (unpaired) electrons. The van der Waals surface area contributed by atoms with E-state index >= 15 is 0 Å². The van der Waals surface area contributed by atoms with E-state index in [1.165, 1.54) is 11.1 Å². The molecule has 0 spiro atoms. The van der Waals surface area contributed by atoms with Crippen LogP contribution in [0.4, 0.5) is 5.69 Å². The van der Waals surface area contributed by atoms with Gasteiger partial charge in [-0.1, -0.05) is 45.9 Å². The molecular weight excluding hydrogens is 336 g/mol. The van der Waals surface area contributed by atoms with Crippen LogP contribution in [0.2, 0.25) is 0 Å². The zero-order chi connectivity index (χ0) is 19.9. The molecule has 1 N–H and O–H groups in total. The predicted molar refractivity (Wildman–Crippen MR) is 110 cm³/mol. The van der Waals surface area contributed by atoms with Gasteiger partial charge in [0.2, 0.25) is 11.8 Å². The number of β-lactam (4-membered cyclic amide) rings is 1. The molecule has 2 aliphatic carbocycles. The molecule has 1 unspecified atom stereocenters. The quantitative estimate of drug-likeness (QED) is 0.778. The molecule has 3 rings (SSSR count). The molecule has 0 aromatic heterocycles. The lowest BCUT2D eigenvalue weighted by Crippen LogP contribution is -2.56. The van der Waals surface area contributed by atoms with Crippen molar-refractivity contribution in [1.29, 1.82) is 0 Å². The number of nitrogens with zero attached hydrogens (tertiary/aromatic N) is 1. The number of anilines is 1. The number of carbonyl (C=O) groups is 2. The molecular formula is C23H30N2O2. The second-order valence-electron chi connectivity index (χ2n) is 8.36. The standard InChI is InChI=1S/C23H30N2O2/c1-13(2)17-8-7-15(5)21-18(12-17)16(6)11-19(21)24-23(27)22(14(3)4)25-10-9-20(25)26/h7-8,11-14,22H,9-10H2,1-6H3,(H,24,27). The number of fused-ring (bicyclic) bond motifs is 1. The van der Waals surface area contributed by atoms with Crippen molar-refractivity contribution in [3.8, 4) is 11.1 Å². The van der Waals surface area contributed by atoms with Crippen LogP contribution in [-0.4, -0.2) is 29.3 Å². The Morgan fingerprint density at radius 1 is 1.07 bits per heavy atom. The molecule has 4 nitrogen and oxygen atoms in total. The molecule has 1 saturated heterocycles. The maximum atomic E-state index is 13.0. The van der Waals surface area contributed by atoms with Crippen LogP contribution in [0.5, 0.6) is 0 Å². The van der Waals surface area contributed by atoms with Gasteiger partial charge in [-0.2, -0.15) is 0 Å². The minimum Gasteiger partial charge on any atom is -0.330 e. The first-order valence-electron chi connectivity index (χ1n) is 9.85. The second kappa shape index (κ2) is 7.34. The van der Waals surface area contributed by atoms with Crippen molar-refractivity contribution in [2.75, 3.05) is 11.9 Å². The highest BCUT2D eigenvalue weighted by molar-refractivity contribution is 6.03. The van der Waals surface area contributed by atoms with E-state index in [1.807, 2.05) is 13.8 Å². The van der Waals surface area contributed by atoms with Gasteiger partial charge in [-0.05, 0) is 54.0 Å². The van der Waals surface area contributed by atoms with Crippen LogP contribution in [0.15, 0.2) is 24.3 Å². The average Bonchev–Trinajstić information content (AvgIpc) is 2.76. The summed E-state index contributed by atoms with van der Waals surface area (Å²) in [7, 11) is 0. The lowest BCUT2D eigenvalue weighted by Gasteiger charge is -2.39. The number of carbonyl (C=O) groups excluding carboxylic acids is 2. The van der Waals surface area contributed by atoms with Gasteiger partial charge in [0.05, 0.1) is 0 Å². The van der Waals surface area contributed by atoms with Crippen molar-refractivity contribution in [2.45, 2.75) is 59.9 Å². The highest BCUT2D eigenvalue weighted by atomic mass is 16.2. The summed E-state index contributed by atoms with van der Waals surface area (Å²) in [6.45, 7) is 13.2. The zero-order valence-corrected chi connectivity index (χ0v) is 17.2. The molecule has 1 fully saturated rings. The van der Waals surface area contributed by atoms with Gasteiger partial charge in [0.15, 0.2) is 0 Å². The van der Waals surface area contributed by atoms with E-state index < -0.39 is 6.04 Å². The van der Waals surface area contributed by atoms with E-state index in [1.54, 1.807) is 4.90 Å². The number of hydrogen-bond donors (Lipinski definition) is 1. The molecule has 4 heteroatoms. The highest BCUT2D eigenvalue weighted by Gasteiger charge is 2.37. The van der Waals surface area contributed by atoms with Crippen molar-refractivity contribution in [1.82, 2.24) is 4.90 Å². The lowest BCUT2D eigenvalue weighted by molar-refractivity contribution is -0.148. The van der Waals surface area contributed by atoms with Gasteiger partial charge in [-0.25, -0.2) is 0 Å². The van der Waals surface area contributed by atoms with Crippen molar-refractivity contribution in [3.05, 3.63) is 41.0 Å². The van der Waals surface area contributed by atoms with Crippen LogP contribution in [0.3, 0.4) is 0 Å². The Labute approximate surface area is 162 Å². The summed E-state index contributed by atoms with van der Waals surface area (Å²) in [4.78, 5) is 26.6. The topological polar surface area (TPSA) is 49.4 Å². The van der Waals surface area contributed by atoms with Crippen LogP contribution in [0.25, 0.3) is 11.1 Å². The number of aryl methyl sites for hydroxylation is 2. The summed E-state index contributed by atoms with van der Waals surface area (Å²) in [5, 5.41) is 3.13. The highest BCUT2D eigenvalue weighted by Crippen LogP contribution is 2.39. The second-order valence-corrected chi connectivity index (χ2v) is 8.36. The number of hydrogen-bond acceptors (Lipinski definition) is 2. The SMILES string of the molecule is Cc1cc(NC(=O)C(C(C)C)N2CCC2=O)c2c(C)ccc(C(C)C)cc1-2. The molecule has 2 amide bonds. The van der Waals surface area contributed by atoms with Crippen LogP contribution in [0.1, 0.15) is 56.7 Å². The Morgan fingerprint density at radius 3 is 2.30 bits per heavy atom. The van der Waals surface area contributed by atoms with Crippen LogP contribution in [0, 0.1) is 19.8 Å². The predicted octanol–water partition coefficient (Wildman–Crippen LogP) is 4.73. The van der Waals surface area contributed by atoms with Crippen LogP contribution < -0.4 is 5.32 Å². The number of amides is 2. The maximum Gasteiger partial charge on any atom is 0.247 e. The first kappa shape index (κ1) is 19.4. The van der Waals surface area contributed by atoms with Gasteiger partial charge in [0.25, 0.3) is 0 Å².